The molecule has 3 N–H and O–H groups in total. The van der Waals surface area contributed by atoms with E-state index in [0.29, 0.717) is 17.7 Å². The highest BCUT2D eigenvalue weighted by Gasteiger charge is 2.18. The van der Waals surface area contributed by atoms with Crippen LogP contribution in [0.2, 0.25) is 0 Å². The molecule has 0 saturated carbocycles. The maximum atomic E-state index is 13.0. The molecule has 0 radical (unpaired) electrons. The van der Waals surface area contributed by atoms with Crippen molar-refractivity contribution in [2.24, 2.45) is 16.8 Å². The van der Waals surface area contributed by atoms with Gasteiger partial charge in [0.1, 0.15) is 11.7 Å². The van der Waals surface area contributed by atoms with E-state index in [9.17, 15) is 9.18 Å². The van der Waals surface area contributed by atoms with Gasteiger partial charge in [-0.1, -0.05) is 12.1 Å². The second-order valence-electron chi connectivity index (χ2n) is 4.57. The molecule has 1 aromatic rings. The molecule has 0 bridgehead atoms. The lowest BCUT2D eigenvalue weighted by Crippen LogP contribution is -2.36. The summed E-state index contributed by atoms with van der Waals surface area (Å²) in [6.45, 7) is 3.74. The molecule has 19 heavy (non-hydrogen) atoms. The average Bonchev–Trinajstić information content (AvgIpc) is 2.36. The Bertz CT molecular complexity index is 503. The molecule has 0 fully saturated rings. The zero-order chi connectivity index (χ0) is 14.6. The Hall–Kier alpha value is -2.11. The topological polar surface area (TPSA) is 78.9 Å². The van der Waals surface area contributed by atoms with E-state index in [1.807, 2.05) is 0 Å². The minimum absolute atomic E-state index is 0.0653. The van der Waals surface area contributed by atoms with E-state index < -0.39 is 0 Å². The number of hydrogen-bond acceptors (Lipinski definition) is 3. The van der Waals surface area contributed by atoms with Gasteiger partial charge in [0.15, 0.2) is 0 Å². The summed E-state index contributed by atoms with van der Waals surface area (Å²) in [6.07, 6.45) is 0. The molecule has 0 aliphatic carbocycles. The van der Waals surface area contributed by atoms with E-state index >= 15 is 0 Å². The van der Waals surface area contributed by atoms with Crippen LogP contribution in [0.4, 0.5) is 4.39 Å². The van der Waals surface area contributed by atoms with Crippen molar-refractivity contribution in [3.63, 3.8) is 0 Å². The number of carbonyl (C=O) groups excluding carboxylic acids is 1. The van der Waals surface area contributed by atoms with E-state index in [4.69, 9.17) is 10.9 Å². The van der Waals surface area contributed by atoms with E-state index in [1.165, 1.54) is 23.1 Å². The van der Waals surface area contributed by atoms with Crippen LogP contribution in [-0.2, 0) is 0 Å². The van der Waals surface area contributed by atoms with Crippen molar-refractivity contribution in [3.05, 3.63) is 35.1 Å². The van der Waals surface area contributed by atoms with E-state index in [0.717, 1.165) is 0 Å². The first-order chi connectivity index (χ1) is 8.86. The molecule has 0 saturated heterocycles. The first kappa shape index (κ1) is 14.9. The number of carbonyl (C=O) groups is 1. The van der Waals surface area contributed by atoms with E-state index in [2.05, 4.69) is 5.16 Å². The predicted octanol–water partition coefficient (Wildman–Crippen LogP) is 1.59. The number of nitrogens with zero attached hydrogens (tertiary/aromatic N) is 2. The summed E-state index contributed by atoms with van der Waals surface area (Å²) in [7, 11) is 1.62. The molecule has 1 atom stereocenters. The highest BCUT2D eigenvalue weighted by atomic mass is 19.1. The normalized spacial score (nSPS) is 13.2. The van der Waals surface area contributed by atoms with Crippen molar-refractivity contribution >= 4 is 11.7 Å². The Morgan fingerprint density at radius 1 is 1.58 bits per heavy atom. The van der Waals surface area contributed by atoms with Gasteiger partial charge in [0.2, 0.25) is 0 Å². The molecule has 1 aromatic carbocycles. The van der Waals surface area contributed by atoms with E-state index in [-0.39, 0.29) is 23.5 Å². The fraction of sp³-hybridized carbons (Fsp3) is 0.385. The number of nitrogens with two attached hydrogens (primary N) is 1. The molecule has 0 aliphatic rings. The highest BCUT2D eigenvalue weighted by molar-refractivity contribution is 5.95. The number of hydrogen-bond donors (Lipinski definition) is 2. The maximum absolute atomic E-state index is 13.0. The summed E-state index contributed by atoms with van der Waals surface area (Å²) < 4.78 is 13.0. The Labute approximate surface area is 111 Å². The van der Waals surface area contributed by atoms with Gasteiger partial charge in [-0.3, -0.25) is 4.79 Å². The van der Waals surface area contributed by atoms with Crippen molar-refractivity contribution in [3.8, 4) is 0 Å². The first-order valence-corrected chi connectivity index (χ1v) is 5.85. The molecular weight excluding hydrogens is 249 g/mol. The van der Waals surface area contributed by atoms with Crippen LogP contribution < -0.4 is 5.73 Å². The molecular formula is C13H18FN3O2. The van der Waals surface area contributed by atoms with Gasteiger partial charge < -0.3 is 15.8 Å². The smallest absolute Gasteiger partial charge is 0.253 e. The number of benzene rings is 1. The van der Waals surface area contributed by atoms with Crippen molar-refractivity contribution in [1.29, 1.82) is 0 Å². The first-order valence-electron chi connectivity index (χ1n) is 5.85. The Morgan fingerprint density at radius 2 is 2.21 bits per heavy atom. The van der Waals surface area contributed by atoms with Crippen LogP contribution in [0.25, 0.3) is 0 Å². The zero-order valence-corrected chi connectivity index (χ0v) is 11.2. The molecule has 1 rings (SSSR count). The molecule has 5 nitrogen and oxygen atoms in total. The predicted molar refractivity (Wildman–Crippen MR) is 70.7 cm³/mol. The molecule has 1 amide bonds. The van der Waals surface area contributed by atoms with Gasteiger partial charge in [-0.2, -0.15) is 0 Å². The molecule has 0 aliphatic heterocycles. The lowest BCUT2D eigenvalue weighted by Gasteiger charge is -2.21. The van der Waals surface area contributed by atoms with Gasteiger partial charge in [0, 0.05) is 25.1 Å². The summed E-state index contributed by atoms with van der Waals surface area (Å²) >= 11 is 0. The average molecular weight is 267 g/mol. The second kappa shape index (κ2) is 6.17. The van der Waals surface area contributed by atoms with Crippen molar-refractivity contribution in [1.82, 2.24) is 4.90 Å². The number of rotatable bonds is 4. The van der Waals surface area contributed by atoms with Crippen LogP contribution in [0, 0.1) is 18.7 Å². The summed E-state index contributed by atoms with van der Waals surface area (Å²) in [5.41, 5.74) is 6.48. The largest absolute Gasteiger partial charge is 0.409 e. The number of oxime groups is 1. The Balaban J connectivity index is 2.82. The van der Waals surface area contributed by atoms with Crippen molar-refractivity contribution < 1.29 is 14.4 Å². The number of aryl methyl sites for hydroxylation is 1. The van der Waals surface area contributed by atoms with Crippen LogP contribution in [0.5, 0.6) is 0 Å². The molecule has 0 aromatic heterocycles. The number of halogens is 1. The summed E-state index contributed by atoms with van der Waals surface area (Å²) in [5, 5.41) is 11.5. The number of amides is 1. The van der Waals surface area contributed by atoms with Gasteiger partial charge in [-0.05, 0) is 30.7 Å². The van der Waals surface area contributed by atoms with E-state index in [1.54, 1.807) is 20.9 Å². The molecule has 6 heteroatoms. The quantitative estimate of drug-likeness (QED) is 0.376. The molecule has 0 heterocycles. The van der Waals surface area contributed by atoms with Crippen molar-refractivity contribution in [2.75, 3.05) is 13.6 Å². The second-order valence-corrected chi connectivity index (χ2v) is 4.57. The molecule has 1 unspecified atom stereocenters. The van der Waals surface area contributed by atoms with Crippen LogP contribution in [0.15, 0.2) is 23.4 Å². The summed E-state index contributed by atoms with van der Waals surface area (Å²) in [6, 6.07) is 4.02. The van der Waals surface area contributed by atoms with Crippen LogP contribution >= 0.6 is 0 Å². The monoisotopic (exact) mass is 267 g/mol. The van der Waals surface area contributed by atoms with Gasteiger partial charge in [0.05, 0.1) is 0 Å². The third kappa shape index (κ3) is 3.67. The van der Waals surface area contributed by atoms with Crippen LogP contribution in [0.1, 0.15) is 22.8 Å². The van der Waals surface area contributed by atoms with Crippen LogP contribution in [-0.4, -0.2) is 35.4 Å². The van der Waals surface area contributed by atoms with Gasteiger partial charge in [-0.15, -0.1) is 0 Å². The lowest BCUT2D eigenvalue weighted by molar-refractivity contribution is 0.0785. The number of amidine groups is 1. The Morgan fingerprint density at radius 3 is 2.74 bits per heavy atom. The maximum Gasteiger partial charge on any atom is 0.253 e. The SMILES string of the molecule is Cc1cc(F)ccc1C(=O)N(C)CC(C)/C(N)=N/O. The molecule has 104 valence electrons. The Kier molecular flexibility index (Phi) is 4.86. The standard InChI is InChI=1S/C13H18FN3O2/c1-8-6-10(14)4-5-11(8)13(18)17(3)7-9(2)12(15)16-19/h4-6,9,19H,7H2,1-3H3,(H2,15,16). The fourth-order valence-electron chi connectivity index (χ4n) is 1.76. The third-order valence-electron chi connectivity index (χ3n) is 2.93. The van der Waals surface area contributed by atoms with Gasteiger partial charge in [0.25, 0.3) is 5.91 Å². The molecule has 0 spiro atoms. The summed E-state index contributed by atoms with van der Waals surface area (Å²) in [5.74, 6) is -0.799. The minimum atomic E-state index is -0.373. The highest BCUT2D eigenvalue weighted by Crippen LogP contribution is 2.13. The lowest BCUT2D eigenvalue weighted by atomic mass is 10.1. The zero-order valence-electron chi connectivity index (χ0n) is 11.2. The summed E-state index contributed by atoms with van der Waals surface area (Å²) in [4.78, 5) is 13.6. The van der Waals surface area contributed by atoms with Crippen molar-refractivity contribution in [2.45, 2.75) is 13.8 Å². The minimum Gasteiger partial charge on any atom is -0.409 e. The fourth-order valence-corrected chi connectivity index (χ4v) is 1.76. The third-order valence-corrected chi connectivity index (χ3v) is 2.93. The van der Waals surface area contributed by atoms with Crippen LogP contribution in [0.3, 0.4) is 0 Å². The van der Waals surface area contributed by atoms with Gasteiger partial charge in [-0.25, -0.2) is 4.39 Å². The van der Waals surface area contributed by atoms with Gasteiger partial charge >= 0.3 is 0 Å².